The molecule has 35 heavy (non-hydrogen) atoms. The summed E-state index contributed by atoms with van der Waals surface area (Å²) in [5, 5.41) is 13.1. The Morgan fingerprint density at radius 1 is 1.06 bits per heavy atom. The van der Waals surface area contributed by atoms with Gasteiger partial charge in [0, 0.05) is 29.9 Å². The van der Waals surface area contributed by atoms with E-state index in [-0.39, 0.29) is 22.5 Å². The first-order valence-corrected chi connectivity index (χ1v) is 10.7. The molecule has 180 valence electrons. The van der Waals surface area contributed by atoms with Gasteiger partial charge in [-0.3, -0.25) is 15.1 Å². The van der Waals surface area contributed by atoms with Gasteiger partial charge in [0.15, 0.2) is 0 Å². The minimum Gasteiger partial charge on any atom is -0.336 e. The molecule has 11 heteroatoms. The number of hydrogen-bond acceptors (Lipinski definition) is 3. The molecule has 3 amide bonds. The van der Waals surface area contributed by atoms with E-state index in [1.54, 1.807) is 0 Å². The number of carbonyl (C=O) groups excluding carboxylic acids is 2. The molecule has 1 aliphatic heterocycles. The van der Waals surface area contributed by atoms with Crippen LogP contribution in [-0.4, -0.2) is 30.7 Å². The summed E-state index contributed by atoms with van der Waals surface area (Å²) in [5.41, 5.74) is -2.15. The van der Waals surface area contributed by atoms with Gasteiger partial charge in [-0.15, -0.1) is 0 Å². The Bertz CT molecular complexity index is 1340. The third-order valence-electron chi connectivity index (χ3n) is 5.38. The van der Waals surface area contributed by atoms with Gasteiger partial charge in [0.1, 0.15) is 5.82 Å². The minimum absolute atomic E-state index is 0.0346. The van der Waals surface area contributed by atoms with Crippen LogP contribution in [0.4, 0.5) is 33.7 Å². The highest BCUT2D eigenvalue weighted by atomic mass is 35.5. The van der Waals surface area contributed by atoms with Crippen LogP contribution in [0.25, 0.3) is 0 Å². The molecule has 1 aliphatic rings. The molecule has 6 nitrogen and oxygen atoms in total. The van der Waals surface area contributed by atoms with Gasteiger partial charge < -0.3 is 10.6 Å². The van der Waals surface area contributed by atoms with E-state index in [9.17, 15) is 27.2 Å². The molecule has 3 N–H and O–H groups in total. The molecule has 0 atom stereocenters. The maximum Gasteiger partial charge on any atom is 0.417 e. The molecule has 0 radical (unpaired) electrons. The summed E-state index contributed by atoms with van der Waals surface area (Å²) in [5.74, 6) is -1.86. The first-order chi connectivity index (χ1) is 16.6. The number of benzene rings is 3. The predicted octanol–water partition coefficient (Wildman–Crippen LogP) is 5.70. The van der Waals surface area contributed by atoms with Crippen LogP contribution < -0.4 is 15.5 Å². The van der Waals surface area contributed by atoms with Crippen LogP contribution >= 0.6 is 11.6 Å². The molecule has 0 unspecified atom stereocenters. The summed E-state index contributed by atoms with van der Waals surface area (Å²) in [4.78, 5) is 26.5. The van der Waals surface area contributed by atoms with E-state index < -0.39 is 40.1 Å². The molecule has 3 aromatic rings. The standard InChI is InChI=1S/C24H17ClF4N4O2/c25-17-6-3-5-16(24(27,28)29)20(17)22(34)32-19-12-13(33-11-10-31-23(33)35)8-9-15(19)21(30)14-4-1-2-7-18(14)26/h1-9,12,30H,10-11H2,(H,31,35)(H,32,34). The summed E-state index contributed by atoms with van der Waals surface area (Å²) in [6, 6.07) is 12.3. The van der Waals surface area contributed by atoms with Crippen LogP contribution in [-0.2, 0) is 6.18 Å². The molecule has 0 bridgehead atoms. The van der Waals surface area contributed by atoms with Crippen LogP contribution in [0.15, 0.2) is 60.7 Å². The smallest absolute Gasteiger partial charge is 0.336 e. The quantitative estimate of drug-likeness (QED) is 0.308. The molecular formula is C24H17ClF4N4O2. The van der Waals surface area contributed by atoms with Crippen molar-refractivity contribution < 1.29 is 27.2 Å². The zero-order valence-electron chi connectivity index (χ0n) is 17.8. The third-order valence-corrected chi connectivity index (χ3v) is 5.69. The SMILES string of the molecule is N=C(c1ccccc1F)c1ccc(N2CCNC2=O)cc1NC(=O)c1c(Cl)cccc1C(F)(F)F. The van der Waals surface area contributed by atoms with Crippen molar-refractivity contribution >= 4 is 40.6 Å². The lowest BCUT2D eigenvalue weighted by Crippen LogP contribution is -2.28. The van der Waals surface area contributed by atoms with E-state index in [1.165, 1.54) is 41.3 Å². The van der Waals surface area contributed by atoms with Crippen molar-refractivity contribution in [1.29, 1.82) is 5.41 Å². The largest absolute Gasteiger partial charge is 0.417 e. The monoisotopic (exact) mass is 504 g/mol. The van der Waals surface area contributed by atoms with Crippen LogP contribution in [0.1, 0.15) is 27.0 Å². The molecule has 0 aliphatic carbocycles. The van der Waals surface area contributed by atoms with E-state index in [2.05, 4.69) is 10.6 Å². The van der Waals surface area contributed by atoms with Crippen molar-refractivity contribution in [3.63, 3.8) is 0 Å². The molecule has 3 aromatic carbocycles. The number of nitrogens with zero attached hydrogens (tertiary/aromatic N) is 1. The molecule has 0 saturated carbocycles. The fourth-order valence-electron chi connectivity index (χ4n) is 3.72. The number of nitrogens with one attached hydrogen (secondary N) is 3. The molecule has 1 saturated heterocycles. The number of rotatable bonds is 5. The summed E-state index contributed by atoms with van der Waals surface area (Å²) >= 11 is 5.96. The van der Waals surface area contributed by atoms with Crippen molar-refractivity contribution in [2.24, 2.45) is 0 Å². The number of alkyl halides is 3. The predicted molar refractivity (Wildman–Crippen MR) is 124 cm³/mol. The molecule has 1 heterocycles. The average molecular weight is 505 g/mol. The Labute approximate surface area is 202 Å². The highest BCUT2D eigenvalue weighted by molar-refractivity contribution is 6.35. The van der Waals surface area contributed by atoms with Crippen LogP contribution in [0, 0.1) is 11.2 Å². The molecule has 1 fully saturated rings. The highest BCUT2D eigenvalue weighted by Gasteiger charge is 2.36. The zero-order chi connectivity index (χ0) is 25.3. The number of anilines is 2. The van der Waals surface area contributed by atoms with Crippen molar-refractivity contribution in [3.05, 3.63) is 93.8 Å². The van der Waals surface area contributed by atoms with Crippen LogP contribution in [0.2, 0.25) is 5.02 Å². The molecule has 4 rings (SSSR count). The Morgan fingerprint density at radius 3 is 2.46 bits per heavy atom. The summed E-state index contributed by atoms with van der Waals surface area (Å²) < 4.78 is 55.0. The third kappa shape index (κ3) is 4.83. The van der Waals surface area contributed by atoms with Crippen molar-refractivity contribution in [3.8, 4) is 0 Å². The normalized spacial score (nSPS) is 13.5. The molecule has 0 aromatic heterocycles. The van der Waals surface area contributed by atoms with E-state index >= 15 is 0 Å². The van der Waals surface area contributed by atoms with Gasteiger partial charge >= 0.3 is 12.2 Å². The van der Waals surface area contributed by atoms with E-state index in [4.69, 9.17) is 17.0 Å². The second kappa shape index (κ2) is 9.38. The lowest BCUT2D eigenvalue weighted by Gasteiger charge is -2.20. The van der Waals surface area contributed by atoms with Crippen molar-refractivity contribution in [2.75, 3.05) is 23.3 Å². The maximum atomic E-state index is 14.4. The fourth-order valence-corrected chi connectivity index (χ4v) is 3.98. The van der Waals surface area contributed by atoms with Gasteiger partial charge in [-0.05, 0) is 42.5 Å². The van der Waals surface area contributed by atoms with Crippen molar-refractivity contribution in [2.45, 2.75) is 6.18 Å². The summed E-state index contributed by atoms with van der Waals surface area (Å²) in [6.07, 6.45) is -4.85. The van der Waals surface area contributed by atoms with Gasteiger partial charge in [-0.25, -0.2) is 9.18 Å². The molecule has 0 spiro atoms. The molecular weight excluding hydrogens is 488 g/mol. The van der Waals surface area contributed by atoms with Gasteiger partial charge in [0.25, 0.3) is 5.91 Å². The first kappa shape index (κ1) is 24.2. The number of carbonyl (C=O) groups is 2. The van der Waals surface area contributed by atoms with Gasteiger partial charge in [0.05, 0.1) is 27.5 Å². The van der Waals surface area contributed by atoms with E-state index in [1.807, 2.05) is 0 Å². The fraction of sp³-hybridized carbons (Fsp3) is 0.125. The second-order valence-electron chi connectivity index (χ2n) is 7.58. The van der Waals surface area contributed by atoms with Crippen LogP contribution in [0.3, 0.4) is 0 Å². The van der Waals surface area contributed by atoms with E-state index in [0.717, 1.165) is 24.3 Å². The summed E-state index contributed by atoms with van der Waals surface area (Å²) in [6.45, 7) is 0.695. The summed E-state index contributed by atoms with van der Waals surface area (Å²) in [7, 11) is 0. The lowest BCUT2D eigenvalue weighted by molar-refractivity contribution is -0.137. The van der Waals surface area contributed by atoms with Crippen LogP contribution in [0.5, 0.6) is 0 Å². The number of halogens is 5. The number of amides is 3. The number of hydrogen-bond donors (Lipinski definition) is 3. The Morgan fingerprint density at radius 2 is 1.80 bits per heavy atom. The highest BCUT2D eigenvalue weighted by Crippen LogP contribution is 2.36. The lowest BCUT2D eigenvalue weighted by atomic mass is 9.99. The number of urea groups is 1. The van der Waals surface area contributed by atoms with Crippen molar-refractivity contribution in [1.82, 2.24) is 5.32 Å². The topological polar surface area (TPSA) is 85.3 Å². The van der Waals surface area contributed by atoms with E-state index in [0.29, 0.717) is 18.8 Å². The first-order valence-electron chi connectivity index (χ1n) is 10.3. The average Bonchev–Trinajstić information content (AvgIpc) is 3.24. The van der Waals surface area contributed by atoms with Gasteiger partial charge in [-0.1, -0.05) is 29.8 Å². The zero-order valence-corrected chi connectivity index (χ0v) is 18.6. The Kier molecular flexibility index (Phi) is 6.49. The van der Waals surface area contributed by atoms with Gasteiger partial charge in [0.2, 0.25) is 0 Å². The minimum atomic E-state index is -4.85. The Balaban J connectivity index is 1.81. The Hall–Kier alpha value is -3.92. The maximum absolute atomic E-state index is 14.4. The second-order valence-corrected chi connectivity index (χ2v) is 7.99. The van der Waals surface area contributed by atoms with Gasteiger partial charge in [-0.2, -0.15) is 13.2 Å².